The van der Waals surface area contributed by atoms with Crippen molar-refractivity contribution in [3.63, 3.8) is 0 Å². The molecule has 1 rings (SSSR count). The summed E-state index contributed by atoms with van der Waals surface area (Å²) in [5.74, 6) is 0. The monoisotopic (exact) mass is 289 g/mol. The molecule has 0 bridgehead atoms. The van der Waals surface area contributed by atoms with Gasteiger partial charge in [-0.2, -0.15) is 0 Å². The molecular weight excluding hydrogens is 277 g/mol. The molecule has 5 nitrogen and oxygen atoms in total. The van der Waals surface area contributed by atoms with Gasteiger partial charge in [-0.3, -0.25) is 5.32 Å². The fourth-order valence-electron chi connectivity index (χ4n) is 1.15. The van der Waals surface area contributed by atoms with E-state index in [1.54, 1.807) is 26.0 Å². The van der Waals surface area contributed by atoms with Crippen molar-refractivity contribution in [2.24, 2.45) is 0 Å². The Morgan fingerprint density at radius 3 is 2.39 bits per heavy atom. The molecule has 0 aliphatic rings. The SMILES string of the molecule is CC(C)NC(=O)NC(=O)Nc1ccc(Cl)cc1Cl. The lowest BCUT2D eigenvalue weighted by Crippen LogP contribution is -2.44. The van der Waals surface area contributed by atoms with Crippen LogP contribution < -0.4 is 16.0 Å². The van der Waals surface area contributed by atoms with Crippen molar-refractivity contribution in [1.82, 2.24) is 10.6 Å². The Morgan fingerprint density at radius 1 is 1.17 bits per heavy atom. The zero-order valence-corrected chi connectivity index (χ0v) is 11.4. The molecule has 0 spiro atoms. The van der Waals surface area contributed by atoms with Gasteiger partial charge < -0.3 is 10.6 Å². The third-order valence-electron chi connectivity index (χ3n) is 1.83. The highest BCUT2D eigenvalue weighted by Gasteiger charge is 2.10. The summed E-state index contributed by atoms with van der Waals surface area (Å²) in [5.41, 5.74) is 0.371. The lowest BCUT2D eigenvalue weighted by molar-refractivity contribution is 0.231. The molecule has 4 amide bonds. The van der Waals surface area contributed by atoms with Gasteiger partial charge in [0.2, 0.25) is 0 Å². The summed E-state index contributed by atoms with van der Waals surface area (Å²) in [7, 11) is 0. The minimum Gasteiger partial charge on any atom is -0.336 e. The van der Waals surface area contributed by atoms with Gasteiger partial charge in [0.1, 0.15) is 0 Å². The van der Waals surface area contributed by atoms with Crippen LogP contribution in [0.25, 0.3) is 0 Å². The van der Waals surface area contributed by atoms with Crippen LogP contribution in [-0.4, -0.2) is 18.1 Å². The quantitative estimate of drug-likeness (QED) is 0.782. The first-order valence-electron chi connectivity index (χ1n) is 5.22. The van der Waals surface area contributed by atoms with Gasteiger partial charge in [0.15, 0.2) is 0 Å². The van der Waals surface area contributed by atoms with E-state index in [1.807, 2.05) is 0 Å². The number of amides is 4. The topological polar surface area (TPSA) is 70.2 Å². The van der Waals surface area contributed by atoms with Crippen molar-refractivity contribution in [3.05, 3.63) is 28.2 Å². The molecule has 0 aromatic heterocycles. The zero-order chi connectivity index (χ0) is 13.7. The fourth-order valence-corrected chi connectivity index (χ4v) is 1.60. The molecule has 98 valence electrons. The predicted molar refractivity (Wildman–Crippen MR) is 72.3 cm³/mol. The number of nitrogens with one attached hydrogen (secondary N) is 3. The number of halogens is 2. The van der Waals surface area contributed by atoms with Crippen LogP contribution in [0.1, 0.15) is 13.8 Å². The number of anilines is 1. The summed E-state index contributed by atoms with van der Waals surface area (Å²) >= 11 is 11.6. The number of hydrogen-bond acceptors (Lipinski definition) is 2. The molecule has 1 aromatic carbocycles. The average Bonchev–Trinajstić information content (AvgIpc) is 2.20. The highest BCUT2D eigenvalue weighted by Crippen LogP contribution is 2.25. The first-order valence-corrected chi connectivity index (χ1v) is 5.97. The molecule has 0 radical (unpaired) electrons. The number of hydrogen-bond donors (Lipinski definition) is 3. The van der Waals surface area contributed by atoms with Crippen LogP contribution in [-0.2, 0) is 0 Å². The van der Waals surface area contributed by atoms with E-state index in [4.69, 9.17) is 23.2 Å². The zero-order valence-electron chi connectivity index (χ0n) is 9.88. The normalized spacial score (nSPS) is 10.1. The second-order valence-electron chi connectivity index (χ2n) is 3.83. The second kappa shape index (κ2) is 6.47. The summed E-state index contributed by atoms with van der Waals surface area (Å²) in [5, 5.41) is 7.82. The van der Waals surface area contributed by atoms with Crippen molar-refractivity contribution < 1.29 is 9.59 Å². The molecule has 1 aromatic rings. The minimum absolute atomic E-state index is 0.0584. The Bertz CT molecular complexity index is 464. The first kappa shape index (κ1) is 14.6. The van der Waals surface area contributed by atoms with Crippen LogP contribution in [0.15, 0.2) is 18.2 Å². The van der Waals surface area contributed by atoms with Crippen molar-refractivity contribution in [1.29, 1.82) is 0 Å². The van der Waals surface area contributed by atoms with Gasteiger partial charge in [-0.15, -0.1) is 0 Å². The van der Waals surface area contributed by atoms with Crippen LogP contribution in [0.3, 0.4) is 0 Å². The van der Waals surface area contributed by atoms with Gasteiger partial charge in [-0.25, -0.2) is 9.59 Å². The molecule has 0 fully saturated rings. The van der Waals surface area contributed by atoms with Gasteiger partial charge in [0.05, 0.1) is 10.7 Å². The Balaban J connectivity index is 2.57. The molecule has 0 saturated heterocycles. The molecule has 7 heteroatoms. The van der Waals surface area contributed by atoms with Crippen molar-refractivity contribution in [2.45, 2.75) is 19.9 Å². The van der Waals surface area contributed by atoms with Crippen molar-refractivity contribution in [2.75, 3.05) is 5.32 Å². The van der Waals surface area contributed by atoms with Gasteiger partial charge >= 0.3 is 12.1 Å². The maximum atomic E-state index is 11.5. The number of rotatable bonds is 2. The number of benzene rings is 1. The van der Waals surface area contributed by atoms with E-state index in [0.717, 1.165) is 0 Å². The summed E-state index contributed by atoms with van der Waals surface area (Å²) in [6.07, 6.45) is 0. The standard InChI is InChI=1S/C11H13Cl2N3O2/c1-6(2)14-10(17)16-11(18)15-9-4-3-7(12)5-8(9)13/h3-6H,1-2H3,(H3,14,15,16,17,18). The molecule has 0 unspecified atom stereocenters. The van der Waals surface area contributed by atoms with E-state index in [9.17, 15) is 9.59 Å². The molecular formula is C11H13Cl2N3O2. The number of imide groups is 1. The molecule has 18 heavy (non-hydrogen) atoms. The second-order valence-corrected chi connectivity index (χ2v) is 4.68. The van der Waals surface area contributed by atoms with Crippen molar-refractivity contribution in [3.8, 4) is 0 Å². The number of carbonyl (C=O) groups excluding carboxylic acids is 2. The van der Waals surface area contributed by atoms with Gasteiger partial charge in [-0.05, 0) is 32.0 Å². The lowest BCUT2D eigenvalue weighted by Gasteiger charge is -2.11. The van der Waals surface area contributed by atoms with Crippen LogP contribution in [0, 0.1) is 0 Å². The molecule has 0 aliphatic carbocycles. The van der Waals surface area contributed by atoms with E-state index in [0.29, 0.717) is 15.7 Å². The lowest BCUT2D eigenvalue weighted by atomic mass is 10.3. The summed E-state index contributed by atoms with van der Waals surface area (Å²) in [6, 6.07) is 3.32. The van der Waals surface area contributed by atoms with E-state index < -0.39 is 12.1 Å². The van der Waals surface area contributed by atoms with E-state index in [2.05, 4.69) is 16.0 Å². The van der Waals surface area contributed by atoms with Gasteiger partial charge in [0, 0.05) is 11.1 Å². The number of urea groups is 2. The van der Waals surface area contributed by atoms with E-state index in [-0.39, 0.29) is 6.04 Å². The largest absolute Gasteiger partial charge is 0.336 e. The summed E-state index contributed by atoms with van der Waals surface area (Å²) < 4.78 is 0. The van der Waals surface area contributed by atoms with Crippen LogP contribution in [0.4, 0.5) is 15.3 Å². The Kier molecular flexibility index (Phi) is 5.25. The van der Waals surface area contributed by atoms with Gasteiger partial charge in [-0.1, -0.05) is 23.2 Å². The maximum Gasteiger partial charge on any atom is 0.327 e. The molecule has 0 saturated carbocycles. The maximum absolute atomic E-state index is 11.5. The van der Waals surface area contributed by atoms with Crippen LogP contribution in [0.5, 0.6) is 0 Å². The summed E-state index contributed by atoms with van der Waals surface area (Å²) in [4.78, 5) is 22.7. The Morgan fingerprint density at radius 2 is 1.83 bits per heavy atom. The molecule has 0 atom stereocenters. The Hall–Kier alpha value is -1.46. The van der Waals surface area contributed by atoms with E-state index in [1.165, 1.54) is 6.07 Å². The predicted octanol–water partition coefficient (Wildman–Crippen LogP) is 3.23. The van der Waals surface area contributed by atoms with Crippen LogP contribution in [0.2, 0.25) is 10.0 Å². The first-order chi connectivity index (χ1) is 8.38. The molecule has 0 heterocycles. The van der Waals surface area contributed by atoms with E-state index >= 15 is 0 Å². The smallest absolute Gasteiger partial charge is 0.327 e. The average molecular weight is 290 g/mol. The third-order valence-corrected chi connectivity index (χ3v) is 2.37. The molecule has 3 N–H and O–H groups in total. The number of carbonyl (C=O) groups is 2. The Labute approximate surface area is 115 Å². The minimum atomic E-state index is -0.669. The third kappa shape index (κ3) is 4.81. The highest BCUT2D eigenvalue weighted by molar-refractivity contribution is 6.36. The molecule has 0 aliphatic heterocycles. The summed E-state index contributed by atoms with van der Waals surface area (Å²) in [6.45, 7) is 3.57. The van der Waals surface area contributed by atoms with Gasteiger partial charge in [0.25, 0.3) is 0 Å². The highest BCUT2D eigenvalue weighted by atomic mass is 35.5. The van der Waals surface area contributed by atoms with Crippen molar-refractivity contribution >= 4 is 41.0 Å². The fraction of sp³-hybridized carbons (Fsp3) is 0.273. The van der Waals surface area contributed by atoms with Crippen LogP contribution >= 0.6 is 23.2 Å².